The van der Waals surface area contributed by atoms with Gasteiger partial charge in [0.1, 0.15) is 18.2 Å². The van der Waals surface area contributed by atoms with E-state index in [1.165, 1.54) is 18.3 Å². The summed E-state index contributed by atoms with van der Waals surface area (Å²) in [6.07, 6.45) is 3.20. The van der Waals surface area contributed by atoms with Crippen molar-refractivity contribution in [3.8, 4) is 22.7 Å². The van der Waals surface area contributed by atoms with E-state index in [4.69, 9.17) is 21.1 Å². The number of carbonyl (C=O) groups is 1. The molecule has 2 aromatic carbocycles. The van der Waals surface area contributed by atoms with Crippen molar-refractivity contribution in [3.05, 3.63) is 100 Å². The second kappa shape index (κ2) is 10.1. The maximum Gasteiger partial charge on any atom is 0.339 e. The van der Waals surface area contributed by atoms with Crippen molar-refractivity contribution in [1.29, 1.82) is 0 Å². The highest BCUT2D eigenvalue weighted by atomic mass is 35.5. The number of halogens is 2. The molecule has 34 heavy (non-hydrogen) atoms. The largest absolute Gasteiger partial charge is 0.488 e. The summed E-state index contributed by atoms with van der Waals surface area (Å²) >= 11 is 6.18. The normalized spacial score (nSPS) is 10.9. The lowest BCUT2D eigenvalue weighted by atomic mass is 10.1. The van der Waals surface area contributed by atoms with Gasteiger partial charge in [0, 0.05) is 23.0 Å². The quantitative estimate of drug-likeness (QED) is 0.277. The Kier molecular flexibility index (Phi) is 6.98. The molecule has 2 aromatic heterocycles. The Labute approximate surface area is 202 Å². The molecule has 0 N–H and O–H groups in total. The molecule has 0 atom stereocenters. The molecule has 0 saturated heterocycles. The van der Waals surface area contributed by atoms with Crippen LogP contribution in [0.5, 0.6) is 5.75 Å². The molecule has 0 bridgehead atoms. The minimum absolute atomic E-state index is 0.189. The van der Waals surface area contributed by atoms with Gasteiger partial charge in [-0.3, -0.25) is 4.98 Å². The SMILES string of the molecule is CCOC(=O)c1cncc(-n2c(C)ccc2-c2cc(C)ccc2OCc2ccc(F)cc2Cl)c1. The number of carbonyl (C=O) groups excluding carboxylic acids is 1. The summed E-state index contributed by atoms with van der Waals surface area (Å²) in [5.41, 5.74) is 5.57. The second-order valence-corrected chi connectivity index (χ2v) is 8.28. The molecule has 0 aliphatic carbocycles. The summed E-state index contributed by atoms with van der Waals surface area (Å²) < 4.78 is 26.7. The number of pyridine rings is 1. The molecule has 4 aromatic rings. The molecule has 4 rings (SSSR count). The first-order valence-corrected chi connectivity index (χ1v) is 11.2. The fraction of sp³-hybridized carbons (Fsp3) is 0.185. The van der Waals surface area contributed by atoms with Gasteiger partial charge in [-0.15, -0.1) is 0 Å². The zero-order chi connectivity index (χ0) is 24.2. The molecule has 0 radical (unpaired) electrons. The molecular weight excluding hydrogens is 455 g/mol. The van der Waals surface area contributed by atoms with E-state index >= 15 is 0 Å². The van der Waals surface area contributed by atoms with Crippen LogP contribution in [0.25, 0.3) is 16.9 Å². The van der Waals surface area contributed by atoms with Gasteiger partial charge in [-0.25, -0.2) is 9.18 Å². The molecule has 7 heteroatoms. The van der Waals surface area contributed by atoms with E-state index in [9.17, 15) is 9.18 Å². The summed E-state index contributed by atoms with van der Waals surface area (Å²) in [6, 6.07) is 15.9. The summed E-state index contributed by atoms with van der Waals surface area (Å²) in [4.78, 5) is 16.5. The third-order valence-electron chi connectivity index (χ3n) is 5.38. The Hall–Kier alpha value is -3.64. The molecule has 0 unspecified atom stereocenters. The van der Waals surface area contributed by atoms with Crippen LogP contribution in [0.4, 0.5) is 4.39 Å². The second-order valence-electron chi connectivity index (χ2n) is 7.87. The van der Waals surface area contributed by atoms with Gasteiger partial charge >= 0.3 is 5.97 Å². The molecule has 0 aliphatic heterocycles. The number of ether oxygens (including phenoxy) is 2. The monoisotopic (exact) mass is 478 g/mol. The lowest BCUT2D eigenvalue weighted by molar-refractivity contribution is 0.0526. The third kappa shape index (κ3) is 4.97. The summed E-state index contributed by atoms with van der Waals surface area (Å²) in [5, 5.41) is 0.315. The van der Waals surface area contributed by atoms with E-state index in [1.807, 2.05) is 48.7 Å². The number of hydrogen-bond donors (Lipinski definition) is 0. The van der Waals surface area contributed by atoms with Gasteiger partial charge in [0.05, 0.1) is 34.8 Å². The highest BCUT2D eigenvalue weighted by Crippen LogP contribution is 2.35. The number of esters is 1. The van der Waals surface area contributed by atoms with Crippen LogP contribution in [0, 0.1) is 19.7 Å². The van der Waals surface area contributed by atoms with E-state index in [0.29, 0.717) is 28.5 Å². The predicted octanol–water partition coefficient (Wildman–Crippen LogP) is 6.70. The van der Waals surface area contributed by atoms with Gasteiger partial charge in [0.15, 0.2) is 0 Å². The maximum atomic E-state index is 13.4. The van der Waals surface area contributed by atoms with Crippen LogP contribution in [0.15, 0.2) is 67.0 Å². The lowest BCUT2D eigenvalue weighted by Gasteiger charge is -2.17. The van der Waals surface area contributed by atoms with Crippen LogP contribution < -0.4 is 4.74 Å². The standard InChI is InChI=1S/C27H24ClFN2O3/c1-4-33-27(32)20-12-22(15-30-14-20)31-18(3)6-9-25(31)23-11-17(2)5-10-26(23)34-16-19-7-8-21(29)13-24(19)28/h5-15H,4,16H2,1-3H3. The van der Waals surface area contributed by atoms with E-state index < -0.39 is 11.8 Å². The molecular formula is C27H24ClFN2O3. The zero-order valence-electron chi connectivity index (χ0n) is 19.1. The number of nitrogens with zero attached hydrogens (tertiary/aromatic N) is 2. The van der Waals surface area contributed by atoms with Crippen LogP contribution in [0.1, 0.15) is 34.1 Å². The van der Waals surface area contributed by atoms with Crippen molar-refractivity contribution in [3.63, 3.8) is 0 Å². The smallest absolute Gasteiger partial charge is 0.339 e. The molecule has 0 amide bonds. The van der Waals surface area contributed by atoms with E-state index in [1.54, 1.807) is 25.3 Å². The van der Waals surface area contributed by atoms with E-state index in [0.717, 1.165) is 28.2 Å². The summed E-state index contributed by atoms with van der Waals surface area (Å²) in [6.45, 7) is 6.23. The minimum atomic E-state index is -0.418. The molecule has 0 spiro atoms. The number of aryl methyl sites for hydroxylation is 2. The van der Waals surface area contributed by atoms with Gasteiger partial charge in [-0.1, -0.05) is 29.3 Å². The highest BCUT2D eigenvalue weighted by Gasteiger charge is 2.17. The Morgan fingerprint density at radius 2 is 1.88 bits per heavy atom. The molecule has 0 fully saturated rings. The van der Waals surface area contributed by atoms with Crippen molar-refractivity contribution < 1.29 is 18.7 Å². The first kappa shape index (κ1) is 23.5. The Bertz CT molecular complexity index is 1350. The molecule has 174 valence electrons. The molecule has 5 nitrogen and oxygen atoms in total. The fourth-order valence-electron chi connectivity index (χ4n) is 3.73. The van der Waals surface area contributed by atoms with Crippen LogP contribution in [-0.4, -0.2) is 22.1 Å². The Morgan fingerprint density at radius 1 is 1.06 bits per heavy atom. The van der Waals surface area contributed by atoms with Gasteiger partial charge < -0.3 is 14.0 Å². The topological polar surface area (TPSA) is 53.3 Å². The predicted molar refractivity (Wildman–Crippen MR) is 130 cm³/mol. The van der Waals surface area contributed by atoms with Crippen molar-refractivity contribution in [2.45, 2.75) is 27.4 Å². The van der Waals surface area contributed by atoms with Crippen LogP contribution >= 0.6 is 11.6 Å². The Morgan fingerprint density at radius 3 is 2.65 bits per heavy atom. The third-order valence-corrected chi connectivity index (χ3v) is 5.73. The molecule has 0 saturated carbocycles. The first-order chi connectivity index (χ1) is 16.4. The van der Waals surface area contributed by atoms with E-state index in [2.05, 4.69) is 4.98 Å². The van der Waals surface area contributed by atoms with Gasteiger partial charge in [0.2, 0.25) is 0 Å². The number of benzene rings is 2. The maximum absolute atomic E-state index is 13.4. The number of aromatic nitrogens is 2. The average Bonchev–Trinajstić information content (AvgIpc) is 3.20. The van der Waals surface area contributed by atoms with Crippen molar-refractivity contribution in [2.75, 3.05) is 6.61 Å². The number of hydrogen-bond acceptors (Lipinski definition) is 4. The first-order valence-electron chi connectivity index (χ1n) is 10.9. The van der Waals surface area contributed by atoms with Gasteiger partial charge in [-0.05, 0) is 63.2 Å². The molecule has 0 aliphatic rings. The average molecular weight is 479 g/mol. The van der Waals surface area contributed by atoms with Gasteiger partial charge in [0.25, 0.3) is 0 Å². The Balaban J connectivity index is 1.73. The summed E-state index contributed by atoms with van der Waals surface area (Å²) in [7, 11) is 0. The van der Waals surface area contributed by atoms with Crippen LogP contribution in [0.2, 0.25) is 5.02 Å². The summed E-state index contributed by atoms with van der Waals surface area (Å²) in [5.74, 6) is -0.157. The lowest BCUT2D eigenvalue weighted by Crippen LogP contribution is -2.08. The van der Waals surface area contributed by atoms with Crippen molar-refractivity contribution in [2.24, 2.45) is 0 Å². The van der Waals surface area contributed by atoms with Crippen LogP contribution in [0.3, 0.4) is 0 Å². The van der Waals surface area contributed by atoms with E-state index in [-0.39, 0.29) is 6.61 Å². The van der Waals surface area contributed by atoms with Crippen molar-refractivity contribution >= 4 is 17.6 Å². The van der Waals surface area contributed by atoms with Gasteiger partial charge in [-0.2, -0.15) is 0 Å². The molecule has 2 heterocycles. The fourth-order valence-corrected chi connectivity index (χ4v) is 3.95. The number of rotatable bonds is 7. The highest BCUT2D eigenvalue weighted by molar-refractivity contribution is 6.31. The van der Waals surface area contributed by atoms with Crippen LogP contribution in [-0.2, 0) is 11.3 Å². The minimum Gasteiger partial charge on any atom is -0.488 e. The zero-order valence-corrected chi connectivity index (χ0v) is 19.9. The van der Waals surface area contributed by atoms with Crippen molar-refractivity contribution in [1.82, 2.24) is 9.55 Å².